The zero-order chi connectivity index (χ0) is 11.6. The van der Waals surface area contributed by atoms with Crippen molar-refractivity contribution in [2.75, 3.05) is 32.9 Å². The summed E-state index contributed by atoms with van der Waals surface area (Å²) in [5, 5.41) is 3.24. The minimum Gasteiger partial charge on any atom is -0.492 e. The van der Waals surface area contributed by atoms with Crippen LogP contribution < -0.4 is 10.1 Å². The summed E-state index contributed by atoms with van der Waals surface area (Å²) in [6.45, 7) is 5.91. The van der Waals surface area contributed by atoms with Crippen LogP contribution in [0.2, 0.25) is 0 Å². The second-order valence-electron chi connectivity index (χ2n) is 3.25. The Morgan fingerprint density at radius 3 is 2.50 bits per heavy atom. The molecule has 0 saturated heterocycles. The Morgan fingerprint density at radius 2 is 1.81 bits per heavy atom. The van der Waals surface area contributed by atoms with Gasteiger partial charge in [0.05, 0.1) is 6.61 Å². The maximum absolute atomic E-state index is 5.54. The van der Waals surface area contributed by atoms with E-state index in [1.807, 2.05) is 31.2 Å². The van der Waals surface area contributed by atoms with Crippen LogP contribution in [-0.4, -0.2) is 32.9 Å². The first-order chi connectivity index (χ1) is 7.83. The number of rotatable bonds is 8. The lowest BCUT2D eigenvalue weighted by Gasteiger charge is -2.07. The van der Waals surface area contributed by atoms with Crippen LogP contribution in [-0.2, 0) is 4.74 Å². The number of ether oxygens (including phenoxy) is 2. The summed E-state index contributed by atoms with van der Waals surface area (Å²) < 4.78 is 11.8. The number of nitrogens with one attached hydrogen (secondary N) is 1. The van der Waals surface area contributed by atoms with Crippen molar-refractivity contribution in [3.63, 3.8) is 0 Å². The van der Waals surface area contributed by atoms with Crippen LogP contribution in [0.25, 0.3) is 0 Å². The Balaban J connectivity index is 2.01. The van der Waals surface area contributed by atoms with E-state index in [-0.39, 0.29) is 0 Å². The molecule has 0 saturated carbocycles. The molecule has 16 heavy (non-hydrogen) atoms. The quantitative estimate of drug-likeness (QED) is 0.745. The van der Waals surface area contributed by atoms with Crippen molar-refractivity contribution >= 4 is 15.9 Å². The van der Waals surface area contributed by atoms with Crippen LogP contribution in [0.3, 0.4) is 0 Å². The third-order valence-electron chi connectivity index (χ3n) is 1.99. The molecule has 0 heterocycles. The zero-order valence-corrected chi connectivity index (χ0v) is 11.1. The molecule has 1 N–H and O–H groups in total. The molecule has 0 atom stereocenters. The first-order valence-corrected chi connectivity index (χ1v) is 6.29. The van der Waals surface area contributed by atoms with Gasteiger partial charge in [-0.2, -0.15) is 0 Å². The predicted molar refractivity (Wildman–Crippen MR) is 69.0 cm³/mol. The smallest absolute Gasteiger partial charge is 0.119 e. The highest BCUT2D eigenvalue weighted by Gasteiger charge is 1.93. The van der Waals surface area contributed by atoms with E-state index in [0.717, 1.165) is 36.5 Å². The molecule has 0 bridgehead atoms. The van der Waals surface area contributed by atoms with Crippen molar-refractivity contribution in [3.8, 4) is 5.75 Å². The average Bonchev–Trinajstić information content (AvgIpc) is 2.30. The third-order valence-corrected chi connectivity index (χ3v) is 2.52. The van der Waals surface area contributed by atoms with E-state index in [1.165, 1.54) is 0 Å². The number of hydrogen-bond acceptors (Lipinski definition) is 3. The van der Waals surface area contributed by atoms with E-state index >= 15 is 0 Å². The average molecular weight is 288 g/mol. The van der Waals surface area contributed by atoms with E-state index in [2.05, 4.69) is 21.2 Å². The molecule has 90 valence electrons. The maximum Gasteiger partial charge on any atom is 0.119 e. The Kier molecular flexibility index (Phi) is 7.21. The van der Waals surface area contributed by atoms with Gasteiger partial charge in [0.25, 0.3) is 0 Å². The highest BCUT2D eigenvalue weighted by molar-refractivity contribution is 9.10. The molecule has 0 spiro atoms. The van der Waals surface area contributed by atoms with Gasteiger partial charge in [-0.25, -0.2) is 0 Å². The van der Waals surface area contributed by atoms with Crippen LogP contribution in [0.15, 0.2) is 28.7 Å². The molecule has 3 nitrogen and oxygen atoms in total. The maximum atomic E-state index is 5.54. The van der Waals surface area contributed by atoms with Gasteiger partial charge in [-0.15, -0.1) is 0 Å². The monoisotopic (exact) mass is 287 g/mol. The Bertz CT molecular complexity index is 277. The molecule has 4 heteroatoms. The van der Waals surface area contributed by atoms with Crippen LogP contribution in [0.1, 0.15) is 6.92 Å². The lowest BCUT2D eigenvalue weighted by Crippen LogP contribution is -2.24. The fourth-order valence-electron chi connectivity index (χ4n) is 1.19. The second-order valence-corrected chi connectivity index (χ2v) is 4.16. The van der Waals surface area contributed by atoms with E-state index < -0.39 is 0 Å². The van der Waals surface area contributed by atoms with Crippen LogP contribution in [0.5, 0.6) is 5.75 Å². The molecule has 0 unspecified atom stereocenters. The standard InChI is InChI=1S/C12H18BrNO2/c1-2-15-9-7-14-8-10-16-12-5-3-11(13)4-6-12/h3-6,14H,2,7-10H2,1H3. The Labute approximate surface area is 105 Å². The van der Waals surface area contributed by atoms with E-state index in [0.29, 0.717) is 6.61 Å². The zero-order valence-electron chi connectivity index (χ0n) is 9.54. The third kappa shape index (κ3) is 6.10. The highest BCUT2D eigenvalue weighted by Crippen LogP contribution is 2.15. The molecule has 0 aliphatic rings. The van der Waals surface area contributed by atoms with Crippen LogP contribution >= 0.6 is 15.9 Å². The summed E-state index contributed by atoms with van der Waals surface area (Å²) in [4.78, 5) is 0. The molecule has 0 aliphatic heterocycles. The normalized spacial score (nSPS) is 10.4. The molecule has 0 aromatic heterocycles. The highest BCUT2D eigenvalue weighted by atomic mass is 79.9. The molecule has 0 radical (unpaired) electrons. The predicted octanol–water partition coefficient (Wildman–Crippen LogP) is 2.45. The summed E-state index contributed by atoms with van der Waals surface area (Å²) in [6.07, 6.45) is 0. The lowest BCUT2D eigenvalue weighted by atomic mass is 10.3. The molecule has 0 amide bonds. The molecular weight excluding hydrogens is 270 g/mol. The van der Waals surface area contributed by atoms with Crippen molar-refractivity contribution in [1.82, 2.24) is 5.32 Å². The largest absolute Gasteiger partial charge is 0.492 e. The first kappa shape index (κ1) is 13.5. The fraction of sp³-hybridized carbons (Fsp3) is 0.500. The molecule has 0 fully saturated rings. The fourth-order valence-corrected chi connectivity index (χ4v) is 1.45. The molecule has 1 rings (SSSR count). The van der Waals surface area contributed by atoms with Crippen molar-refractivity contribution in [3.05, 3.63) is 28.7 Å². The van der Waals surface area contributed by atoms with Gasteiger partial charge >= 0.3 is 0 Å². The molecule has 0 aliphatic carbocycles. The SMILES string of the molecule is CCOCCNCCOc1ccc(Br)cc1. The van der Waals surface area contributed by atoms with Gasteiger partial charge in [-0.1, -0.05) is 15.9 Å². The Morgan fingerprint density at radius 1 is 1.12 bits per heavy atom. The topological polar surface area (TPSA) is 30.5 Å². The second kappa shape index (κ2) is 8.56. The van der Waals surface area contributed by atoms with Gasteiger partial charge in [-0.3, -0.25) is 0 Å². The van der Waals surface area contributed by atoms with Gasteiger partial charge in [0.15, 0.2) is 0 Å². The summed E-state index contributed by atoms with van der Waals surface area (Å²) in [5.41, 5.74) is 0. The van der Waals surface area contributed by atoms with Gasteiger partial charge in [0, 0.05) is 24.2 Å². The van der Waals surface area contributed by atoms with Gasteiger partial charge in [-0.05, 0) is 31.2 Å². The van der Waals surface area contributed by atoms with Gasteiger partial charge in [0.2, 0.25) is 0 Å². The molecular formula is C12H18BrNO2. The number of benzene rings is 1. The first-order valence-electron chi connectivity index (χ1n) is 5.49. The van der Waals surface area contributed by atoms with Crippen molar-refractivity contribution in [2.24, 2.45) is 0 Å². The van der Waals surface area contributed by atoms with E-state index in [4.69, 9.17) is 9.47 Å². The Hall–Kier alpha value is -0.580. The van der Waals surface area contributed by atoms with E-state index in [1.54, 1.807) is 0 Å². The molecule has 1 aromatic carbocycles. The summed E-state index contributed by atoms with van der Waals surface area (Å²) >= 11 is 3.38. The van der Waals surface area contributed by atoms with Crippen molar-refractivity contribution < 1.29 is 9.47 Å². The summed E-state index contributed by atoms with van der Waals surface area (Å²) in [5.74, 6) is 0.898. The number of halogens is 1. The minimum atomic E-state index is 0.674. The van der Waals surface area contributed by atoms with Gasteiger partial charge < -0.3 is 14.8 Å². The van der Waals surface area contributed by atoms with Gasteiger partial charge in [0.1, 0.15) is 12.4 Å². The lowest BCUT2D eigenvalue weighted by molar-refractivity contribution is 0.148. The summed E-state index contributed by atoms with van der Waals surface area (Å²) in [6, 6.07) is 7.84. The van der Waals surface area contributed by atoms with Crippen molar-refractivity contribution in [1.29, 1.82) is 0 Å². The number of hydrogen-bond donors (Lipinski definition) is 1. The minimum absolute atomic E-state index is 0.674. The van der Waals surface area contributed by atoms with E-state index in [9.17, 15) is 0 Å². The summed E-state index contributed by atoms with van der Waals surface area (Å²) in [7, 11) is 0. The van der Waals surface area contributed by atoms with Crippen LogP contribution in [0.4, 0.5) is 0 Å². The molecule has 1 aromatic rings. The van der Waals surface area contributed by atoms with Crippen molar-refractivity contribution in [2.45, 2.75) is 6.92 Å². The van der Waals surface area contributed by atoms with Crippen LogP contribution in [0, 0.1) is 0 Å².